The minimum Gasteiger partial charge on any atom is -0.333 e. The summed E-state index contributed by atoms with van der Waals surface area (Å²) in [4.78, 5) is 25.3. The molecule has 0 radical (unpaired) electrons. The van der Waals surface area contributed by atoms with Gasteiger partial charge in [-0.15, -0.1) is 0 Å². The molecule has 3 amide bonds. The van der Waals surface area contributed by atoms with Crippen molar-refractivity contribution in [3.63, 3.8) is 0 Å². The van der Waals surface area contributed by atoms with E-state index >= 15 is 0 Å². The number of urea groups is 1. The first-order chi connectivity index (χ1) is 10.3. The highest BCUT2D eigenvalue weighted by molar-refractivity contribution is 5.95. The molecule has 0 aliphatic rings. The zero-order valence-electron chi connectivity index (χ0n) is 14.0. The van der Waals surface area contributed by atoms with Gasteiger partial charge >= 0.3 is 6.03 Å². The van der Waals surface area contributed by atoms with Crippen molar-refractivity contribution in [2.75, 3.05) is 20.1 Å². The van der Waals surface area contributed by atoms with Crippen molar-refractivity contribution in [3.8, 4) is 0 Å². The first-order valence-corrected chi connectivity index (χ1v) is 7.61. The molecule has 2 N–H and O–H groups in total. The Kier molecular flexibility index (Phi) is 7.05. The first-order valence-electron chi connectivity index (χ1n) is 7.61. The predicted molar refractivity (Wildman–Crippen MR) is 88.7 cm³/mol. The molecule has 0 spiro atoms. The monoisotopic (exact) mass is 305 g/mol. The van der Waals surface area contributed by atoms with Crippen molar-refractivity contribution in [1.82, 2.24) is 15.5 Å². The van der Waals surface area contributed by atoms with Crippen LogP contribution in [0.15, 0.2) is 30.3 Å². The van der Waals surface area contributed by atoms with Crippen LogP contribution in [0.5, 0.6) is 0 Å². The van der Waals surface area contributed by atoms with E-state index in [-0.39, 0.29) is 18.0 Å². The van der Waals surface area contributed by atoms with Gasteiger partial charge in [0.2, 0.25) is 5.91 Å². The lowest BCUT2D eigenvalue weighted by Gasteiger charge is -2.21. The fourth-order valence-corrected chi connectivity index (χ4v) is 2.06. The SMILES string of the molecule is CN(CCCc1ccccc1)CC(=O)NC(=O)NC(C)(C)C. The average molecular weight is 305 g/mol. The van der Waals surface area contributed by atoms with E-state index < -0.39 is 6.03 Å². The molecule has 1 aromatic carbocycles. The minimum absolute atomic E-state index is 0.215. The fourth-order valence-electron chi connectivity index (χ4n) is 2.06. The summed E-state index contributed by atoms with van der Waals surface area (Å²) < 4.78 is 0. The number of nitrogens with one attached hydrogen (secondary N) is 2. The lowest BCUT2D eigenvalue weighted by Crippen LogP contribution is -2.50. The fraction of sp³-hybridized carbons (Fsp3) is 0.529. The highest BCUT2D eigenvalue weighted by atomic mass is 16.2. The number of likely N-dealkylation sites (N-methyl/N-ethyl adjacent to an activating group) is 1. The molecule has 1 aromatic rings. The third kappa shape index (κ3) is 8.42. The topological polar surface area (TPSA) is 61.4 Å². The largest absolute Gasteiger partial charge is 0.333 e. The summed E-state index contributed by atoms with van der Waals surface area (Å²) in [6, 6.07) is 9.81. The molecule has 0 heterocycles. The van der Waals surface area contributed by atoms with Crippen molar-refractivity contribution in [2.24, 2.45) is 0 Å². The second-order valence-corrected chi connectivity index (χ2v) is 6.58. The second kappa shape index (κ2) is 8.54. The molecule has 0 aliphatic carbocycles. The van der Waals surface area contributed by atoms with Crippen LogP contribution in [0.2, 0.25) is 0 Å². The highest BCUT2D eigenvalue weighted by Gasteiger charge is 2.16. The van der Waals surface area contributed by atoms with E-state index in [1.807, 2.05) is 50.9 Å². The average Bonchev–Trinajstić information content (AvgIpc) is 2.37. The van der Waals surface area contributed by atoms with Crippen LogP contribution in [0.1, 0.15) is 32.8 Å². The maximum absolute atomic E-state index is 11.8. The van der Waals surface area contributed by atoms with Crippen molar-refractivity contribution < 1.29 is 9.59 Å². The zero-order valence-corrected chi connectivity index (χ0v) is 14.0. The lowest BCUT2D eigenvalue weighted by atomic mass is 10.1. The molecular formula is C17H27N3O2. The molecule has 0 saturated carbocycles. The molecule has 0 saturated heterocycles. The molecule has 0 aromatic heterocycles. The van der Waals surface area contributed by atoms with E-state index in [9.17, 15) is 9.59 Å². The van der Waals surface area contributed by atoms with E-state index in [1.54, 1.807) is 0 Å². The number of amides is 3. The number of nitrogens with zero attached hydrogens (tertiary/aromatic N) is 1. The molecule has 0 bridgehead atoms. The summed E-state index contributed by atoms with van der Waals surface area (Å²) in [7, 11) is 1.88. The van der Waals surface area contributed by atoms with Gasteiger partial charge in [-0.05, 0) is 52.8 Å². The van der Waals surface area contributed by atoms with Crippen LogP contribution in [-0.2, 0) is 11.2 Å². The Morgan fingerprint density at radius 2 is 1.77 bits per heavy atom. The van der Waals surface area contributed by atoms with E-state index in [1.165, 1.54) is 5.56 Å². The minimum atomic E-state index is -0.449. The van der Waals surface area contributed by atoms with Crippen LogP contribution in [0.25, 0.3) is 0 Å². The molecule has 0 unspecified atom stereocenters. The summed E-state index contributed by atoms with van der Waals surface area (Å²) in [6.07, 6.45) is 1.96. The summed E-state index contributed by atoms with van der Waals surface area (Å²) in [5.41, 5.74) is 0.941. The number of aryl methyl sites for hydroxylation is 1. The molecule has 122 valence electrons. The number of imide groups is 1. The summed E-state index contributed by atoms with van der Waals surface area (Å²) in [6.45, 7) is 6.63. The lowest BCUT2D eigenvalue weighted by molar-refractivity contribution is -0.120. The van der Waals surface area contributed by atoms with Gasteiger partial charge in [0.1, 0.15) is 0 Å². The van der Waals surface area contributed by atoms with Gasteiger partial charge in [0, 0.05) is 5.54 Å². The Hall–Kier alpha value is -1.88. The van der Waals surface area contributed by atoms with Gasteiger partial charge in [0.25, 0.3) is 0 Å². The van der Waals surface area contributed by atoms with E-state index in [4.69, 9.17) is 0 Å². The van der Waals surface area contributed by atoms with Crippen molar-refractivity contribution in [3.05, 3.63) is 35.9 Å². The van der Waals surface area contributed by atoms with E-state index in [0.717, 1.165) is 19.4 Å². The van der Waals surface area contributed by atoms with Crippen molar-refractivity contribution in [1.29, 1.82) is 0 Å². The van der Waals surface area contributed by atoms with Crippen LogP contribution in [0, 0.1) is 0 Å². The molecule has 5 nitrogen and oxygen atoms in total. The third-order valence-electron chi connectivity index (χ3n) is 3.00. The maximum atomic E-state index is 11.8. The summed E-state index contributed by atoms with van der Waals surface area (Å²) >= 11 is 0. The van der Waals surface area contributed by atoms with Gasteiger partial charge in [0.15, 0.2) is 0 Å². The number of rotatable bonds is 6. The zero-order chi connectivity index (χ0) is 16.6. The molecule has 22 heavy (non-hydrogen) atoms. The number of benzene rings is 1. The van der Waals surface area contributed by atoms with Crippen LogP contribution >= 0.6 is 0 Å². The normalized spacial score (nSPS) is 11.3. The summed E-state index contributed by atoms with van der Waals surface area (Å²) in [5.74, 6) is -0.288. The predicted octanol–water partition coefficient (Wildman–Crippen LogP) is 2.18. The Bertz CT molecular complexity index is 480. The number of hydrogen-bond acceptors (Lipinski definition) is 3. The quantitative estimate of drug-likeness (QED) is 0.847. The molecule has 0 atom stereocenters. The van der Waals surface area contributed by atoms with Crippen molar-refractivity contribution >= 4 is 11.9 Å². The van der Waals surface area contributed by atoms with Gasteiger partial charge < -0.3 is 5.32 Å². The maximum Gasteiger partial charge on any atom is 0.321 e. The van der Waals surface area contributed by atoms with E-state index in [2.05, 4.69) is 22.8 Å². The standard InChI is InChI=1S/C17H27N3O2/c1-17(2,3)19-16(22)18-15(21)13-20(4)12-8-11-14-9-6-5-7-10-14/h5-7,9-10H,8,11-13H2,1-4H3,(H2,18,19,21,22). The number of carbonyl (C=O) groups is 2. The van der Waals surface area contributed by atoms with Gasteiger partial charge in [-0.1, -0.05) is 30.3 Å². The Morgan fingerprint density at radius 1 is 1.14 bits per heavy atom. The first kappa shape index (κ1) is 18.2. The van der Waals surface area contributed by atoms with Gasteiger partial charge in [0.05, 0.1) is 6.54 Å². The van der Waals surface area contributed by atoms with Crippen LogP contribution in [0.3, 0.4) is 0 Å². The number of carbonyl (C=O) groups excluding carboxylic acids is 2. The summed E-state index contributed by atoms with van der Waals surface area (Å²) in [5, 5.41) is 5.04. The van der Waals surface area contributed by atoms with Crippen LogP contribution < -0.4 is 10.6 Å². The van der Waals surface area contributed by atoms with Gasteiger partial charge in [-0.3, -0.25) is 15.0 Å². The second-order valence-electron chi connectivity index (χ2n) is 6.58. The molecule has 5 heteroatoms. The molecule has 0 aliphatic heterocycles. The van der Waals surface area contributed by atoms with Gasteiger partial charge in [-0.25, -0.2) is 4.79 Å². The molecule has 1 rings (SSSR count). The third-order valence-corrected chi connectivity index (χ3v) is 3.00. The number of hydrogen-bond donors (Lipinski definition) is 2. The Morgan fingerprint density at radius 3 is 2.36 bits per heavy atom. The Labute approximate surface area is 133 Å². The van der Waals surface area contributed by atoms with Crippen molar-refractivity contribution in [2.45, 2.75) is 39.2 Å². The van der Waals surface area contributed by atoms with E-state index in [0.29, 0.717) is 0 Å². The smallest absolute Gasteiger partial charge is 0.321 e. The van der Waals surface area contributed by atoms with Crippen LogP contribution in [0.4, 0.5) is 4.79 Å². The Balaban J connectivity index is 2.22. The highest BCUT2D eigenvalue weighted by Crippen LogP contribution is 2.03. The molecular weight excluding hydrogens is 278 g/mol. The van der Waals surface area contributed by atoms with Crippen LogP contribution in [-0.4, -0.2) is 42.5 Å². The molecule has 0 fully saturated rings. The van der Waals surface area contributed by atoms with Gasteiger partial charge in [-0.2, -0.15) is 0 Å².